The third-order valence-corrected chi connectivity index (χ3v) is 4.37. The first-order valence-corrected chi connectivity index (χ1v) is 9.15. The average Bonchev–Trinajstić information content (AvgIpc) is 3.48. The van der Waals surface area contributed by atoms with Gasteiger partial charge >= 0.3 is 5.97 Å². The van der Waals surface area contributed by atoms with E-state index in [-0.39, 0.29) is 24.1 Å². The number of carbonyl (C=O) groups excluding carboxylic acids is 1. The van der Waals surface area contributed by atoms with Gasteiger partial charge in [0.05, 0.1) is 14.2 Å². The molecule has 31 heavy (non-hydrogen) atoms. The second kappa shape index (κ2) is 8.70. The van der Waals surface area contributed by atoms with E-state index in [0.29, 0.717) is 34.2 Å². The van der Waals surface area contributed by atoms with Gasteiger partial charge in [0.2, 0.25) is 11.6 Å². The van der Waals surface area contributed by atoms with Crippen LogP contribution in [0.2, 0.25) is 0 Å². The summed E-state index contributed by atoms with van der Waals surface area (Å²) >= 11 is 0. The minimum absolute atomic E-state index is 0.000968. The summed E-state index contributed by atoms with van der Waals surface area (Å²) in [5.74, 6) is 0.877. The highest BCUT2D eigenvalue weighted by atomic mass is 19.1. The highest BCUT2D eigenvalue weighted by molar-refractivity contribution is 5.87. The Morgan fingerprint density at radius 2 is 1.71 bits per heavy atom. The molecule has 9 heteroatoms. The minimum Gasteiger partial charge on any atom is -0.493 e. The van der Waals surface area contributed by atoms with E-state index in [4.69, 9.17) is 23.2 Å². The molecule has 0 N–H and O–H groups in total. The Hall–Kier alpha value is -4.14. The lowest BCUT2D eigenvalue weighted by Crippen LogP contribution is -2.04. The Balaban J connectivity index is 1.41. The van der Waals surface area contributed by atoms with Crippen molar-refractivity contribution in [3.05, 3.63) is 72.1 Å². The van der Waals surface area contributed by atoms with Crippen molar-refractivity contribution in [2.24, 2.45) is 0 Å². The van der Waals surface area contributed by atoms with E-state index in [9.17, 15) is 9.18 Å². The first kappa shape index (κ1) is 20.1. The molecule has 0 radical (unpaired) electrons. The fraction of sp³-hybridized carbons (Fsp3) is 0.136. The zero-order valence-electron chi connectivity index (χ0n) is 16.6. The maximum Gasteiger partial charge on any atom is 0.374 e. The van der Waals surface area contributed by atoms with Crippen LogP contribution in [0.15, 0.2) is 63.5 Å². The van der Waals surface area contributed by atoms with E-state index in [0.717, 1.165) is 0 Å². The summed E-state index contributed by atoms with van der Waals surface area (Å²) in [5.41, 5.74) is 1.28. The molecule has 2 aromatic heterocycles. The fourth-order valence-corrected chi connectivity index (χ4v) is 2.82. The lowest BCUT2D eigenvalue weighted by Gasteiger charge is -2.07. The van der Waals surface area contributed by atoms with E-state index in [1.54, 1.807) is 43.5 Å². The van der Waals surface area contributed by atoms with Crippen molar-refractivity contribution < 1.29 is 32.3 Å². The van der Waals surface area contributed by atoms with Crippen molar-refractivity contribution in [3.8, 4) is 34.2 Å². The summed E-state index contributed by atoms with van der Waals surface area (Å²) in [6.45, 7) is -0.230. The number of carbonyl (C=O) groups is 1. The van der Waals surface area contributed by atoms with Crippen molar-refractivity contribution in [1.29, 1.82) is 0 Å². The SMILES string of the molecule is COc1ccc(-c2noc(COC(=O)c3ccc(-c4ccc(F)cc4)o3)n2)cc1OC. The highest BCUT2D eigenvalue weighted by Crippen LogP contribution is 2.31. The van der Waals surface area contributed by atoms with Gasteiger partial charge in [0.1, 0.15) is 11.6 Å². The highest BCUT2D eigenvalue weighted by Gasteiger charge is 2.17. The molecular formula is C22H17FN2O6. The van der Waals surface area contributed by atoms with Crippen LogP contribution in [-0.2, 0) is 11.3 Å². The Labute approximate surface area is 176 Å². The van der Waals surface area contributed by atoms with E-state index in [1.807, 2.05) is 0 Å². The lowest BCUT2D eigenvalue weighted by molar-refractivity contribution is 0.0394. The quantitative estimate of drug-likeness (QED) is 0.400. The molecule has 0 atom stereocenters. The molecule has 0 unspecified atom stereocenters. The molecule has 0 bridgehead atoms. The first-order chi connectivity index (χ1) is 15.1. The van der Waals surface area contributed by atoms with Gasteiger partial charge in [-0.05, 0) is 54.6 Å². The topological polar surface area (TPSA) is 96.8 Å². The molecule has 0 aliphatic heterocycles. The van der Waals surface area contributed by atoms with E-state index in [1.165, 1.54) is 25.3 Å². The minimum atomic E-state index is -0.695. The van der Waals surface area contributed by atoms with Crippen LogP contribution in [0.25, 0.3) is 22.7 Å². The molecule has 0 saturated heterocycles. The maximum atomic E-state index is 13.0. The predicted molar refractivity (Wildman–Crippen MR) is 106 cm³/mol. The summed E-state index contributed by atoms with van der Waals surface area (Å²) < 4.78 is 39.3. The van der Waals surface area contributed by atoms with Crippen molar-refractivity contribution in [1.82, 2.24) is 10.1 Å². The molecule has 0 spiro atoms. The molecular weight excluding hydrogens is 407 g/mol. The summed E-state index contributed by atoms with van der Waals surface area (Å²) in [6, 6.07) is 14.0. The van der Waals surface area contributed by atoms with Gasteiger partial charge in [-0.1, -0.05) is 5.16 Å². The van der Waals surface area contributed by atoms with E-state index >= 15 is 0 Å². The number of methoxy groups -OCH3 is 2. The number of hydrogen-bond acceptors (Lipinski definition) is 8. The van der Waals surface area contributed by atoms with Crippen molar-refractivity contribution >= 4 is 5.97 Å². The average molecular weight is 424 g/mol. The second-order valence-electron chi connectivity index (χ2n) is 6.33. The number of furan rings is 1. The molecule has 4 rings (SSSR count). The third-order valence-electron chi connectivity index (χ3n) is 4.37. The monoisotopic (exact) mass is 424 g/mol. The van der Waals surface area contributed by atoms with Gasteiger partial charge in [-0.25, -0.2) is 9.18 Å². The van der Waals surface area contributed by atoms with Crippen LogP contribution in [0.3, 0.4) is 0 Å². The molecule has 0 saturated carbocycles. The zero-order valence-corrected chi connectivity index (χ0v) is 16.6. The van der Waals surface area contributed by atoms with Gasteiger partial charge in [0.25, 0.3) is 5.89 Å². The summed E-state index contributed by atoms with van der Waals surface area (Å²) in [5, 5.41) is 3.89. The summed E-state index contributed by atoms with van der Waals surface area (Å²) in [6.07, 6.45) is 0. The molecule has 8 nitrogen and oxygen atoms in total. The van der Waals surface area contributed by atoms with Gasteiger partial charge in [0, 0.05) is 11.1 Å². The Morgan fingerprint density at radius 1 is 0.968 bits per heavy atom. The summed E-state index contributed by atoms with van der Waals surface area (Å²) in [7, 11) is 3.07. The molecule has 158 valence electrons. The fourth-order valence-electron chi connectivity index (χ4n) is 2.82. The van der Waals surface area contributed by atoms with Gasteiger partial charge in [-0.3, -0.25) is 0 Å². The Morgan fingerprint density at radius 3 is 2.45 bits per heavy atom. The summed E-state index contributed by atoms with van der Waals surface area (Å²) in [4.78, 5) is 16.5. The predicted octanol–water partition coefficient (Wildman–Crippen LogP) is 4.51. The van der Waals surface area contributed by atoms with Crippen LogP contribution >= 0.6 is 0 Å². The number of benzene rings is 2. The molecule has 0 fully saturated rings. The van der Waals surface area contributed by atoms with Crippen LogP contribution in [0, 0.1) is 5.82 Å². The van der Waals surface area contributed by atoms with Gasteiger partial charge in [-0.15, -0.1) is 0 Å². The number of nitrogens with zero attached hydrogens (tertiary/aromatic N) is 2. The van der Waals surface area contributed by atoms with Gasteiger partial charge < -0.3 is 23.2 Å². The smallest absolute Gasteiger partial charge is 0.374 e. The molecule has 4 aromatic rings. The first-order valence-electron chi connectivity index (χ1n) is 9.15. The van der Waals surface area contributed by atoms with Crippen molar-refractivity contribution in [2.45, 2.75) is 6.61 Å². The van der Waals surface area contributed by atoms with Gasteiger partial charge in [-0.2, -0.15) is 4.98 Å². The Kier molecular flexibility index (Phi) is 5.65. The van der Waals surface area contributed by atoms with Gasteiger partial charge in [0.15, 0.2) is 18.1 Å². The second-order valence-corrected chi connectivity index (χ2v) is 6.33. The zero-order chi connectivity index (χ0) is 21.8. The van der Waals surface area contributed by atoms with Crippen LogP contribution < -0.4 is 9.47 Å². The normalized spacial score (nSPS) is 10.7. The van der Waals surface area contributed by atoms with Crippen LogP contribution in [-0.4, -0.2) is 30.3 Å². The Bertz CT molecular complexity index is 1200. The number of ether oxygens (including phenoxy) is 3. The van der Waals surface area contributed by atoms with Crippen LogP contribution in [0.1, 0.15) is 16.4 Å². The maximum absolute atomic E-state index is 13.0. The number of halogens is 1. The molecule has 2 heterocycles. The number of hydrogen-bond donors (Lipinski definition) is 0. The number of aromatic nitrogens is 2. The van der Waals surface area contributed by atoms with Crippen LogP contribution in [0.5, 0.6) is 11.5 Å². The largest absolute Gasteiger partial charge is 0.493 e. The molecule has 0 amide bonds. The molecule has 0 aliphatic rings. The van der Waals surface area contributed by atoms with E-state index < -0.39 is 5.97 Å². The van der Waals surface area contributed by atoms with Crippen molar-refractivity contribution in [2.75, 3.05) is 14.2 Å². The van der Waals surface area contributed by atoms with Crippen molar-refractivity contribution in [3.63, 3.8) is 0 Å². The van der Waals surface area contributed by atoms with E-state index in [2.05, 4.69) is 10.1 Å². The lowest BCUT2D eigenvalue weighted by atomic mass is 10.2. The number of rotatable bonds is 7. The van der Waals surface area contributed by atoms with Crippen LogP contribution in [0.4, 0.5) is 4.39 Å². The molecule has 0 aliphatic carbocycles. The number of esters is 1. The molecule has 2 aromatic carbocycles. The standard InChI is InChI=1S/C22H17FN2O6/c1-27-17-8-5-14(11-19(17)28-2)21-24-20(31-25-21)12-29-22(26)18-10-9-16(30-18)13-3-6-15(23)7-4-13/h3-11H,12H2,1-2H3. The third kappa shape index (κ3) is 4.40.